The molecule has 1 aliphatic rings. The number of amides is 4. The summed E-state index contributed by atoms with van der Waals surface area (Å²) in [6.45, 7) is 1.64. The van der Waals surface area contributed by atoms with E-state index >= 15 is 0 Å². The van der Waals surface area contributed by atoms with Gasteiger partial charge in [-0.1, -0.05) is 12.8 Å². The van der Waals surface area contributed by atoms with Gasteiger partial charge in [0.15, 0.2) is 0 Å². The van der Waals surface area contributed by atoms with Crippen LogP contribution in [-0.2, 0) is 33.5 Å². The van der Waals surface area contributed by atoms with E-state index in [1.165, 1.54) is 0 Å². The molecule has 0 aliphatic carbocycles. The Morgan fingerprint density at radius 2 is 1.59 bits per heavy atom. The van der Waals surface area contributed by atoms with Crippen molar-refractivity contribution in [2.75, 3.05) is 26.3 Å². The summed E-state index contributed by atoms with van der Waals surface area (Å²) >= 11 is 0. The molecule has 0 saturated carbocycles. The minimum absolute atomic E-state index is 0.0601. The molecule has 0 aromatic carbocycles. The quantitative estimate of drug-likeness (QED) is 0.227. The standard InChI is InChI=1S/C17H27N3O7/c21-13-18-9-11-26-12-10-19-14(22)5-3-1-2-4-6-17(25)27-20-15(23)7-8-16(20)24/h13H,1-12H2,(H,18,21)(H,19,22). The van der Waals surface area contributed by atoms with Crippen LogP contribution in [0.2, 0.25) is 0 Å². The number of unbranched alkanes of at least 4 members (excludes halogenated alkanes) is 3. The van der Waals surface area contributed by atoms with Gasteiger partial charge in [0.05, 0.1) is 13.2 Å². The van der Waals surface area contributed by atoms with Gasteiger partial charge in [0, 0.05) is 38.8 Å². The Labute approximate surface area is 157 Å². The Balaban J connectivity index is 1.92. The summed E-state index contributed by atoms with van der Waals surface area (Å²) in [4.78, 5) is 60.6. The van der Waals surface area contributed by atoms with Crippen molar-refractivity contribution in [2.24, 2.45) is 0 Å². The molecule has 0 atom stereocenters. The van der Waals surface area contributed by atoms with E-state index in [9.17, 15) is 24.0 Å². The summed E-state index contributed by atoms with van der Waals surface area (Å²) in [7, 11) is 0. The highest BCUT2D eigenvalue weighted by Gasteiger charge is 2.32. The SMILES string of the molecule is O=CNCCOCCNC(=O)CCCCCCC(=O)ON1C(=O)CCC1=O. The van der Waals surface area contributed by atoms with Crippen LogP contribution in [0.25, 0.3) is 0 Å². The van der Waals surface area contributed by atoms with Crippen LogP contribution in [0.4, 0.5) is 0 Å². The summed E-state index contributed by atoms with van der Waals surface area (Å²) in [6.07, 6.45) is 4.09. The fourth-order valence-corrected chi connectivity index (χ4v) is 2.36. The van der Waals surface area contributed by atoms with E-state index in [0.29, 0.717) is 57.0 Å². The second kappa shape index (κ2) is 13.7. The molecule has 4 amide bonds. The van der Waals surface area contributed by atoms with Crippen LogP contribution in [0.3, 0.4) is 0 Å². The van der Waals surface area contributed by atoms with Crippen molar-refractivity contribution in [3.63, 3.8) is 0 Å². The Bertz CT molecular complexity index is 509. The summed E-state index contributed by atoms with van der Waals surface area (Å²) in [5.41, 5.74) is 0. The van der Waals surface area contributed by atoms with Crippen molar-refractivity contribution in [3.05, 3.63) is 0 Å². The average molecular weight is 385 g/mol. The zero-order chi connectivity index (χ0) is 19.9. The van der Waals surface area contributed by atoms with E-state index in [4.69, 9.17) is 9.57 Å². The van der Waals surface area contributed by atoms with E-state index in [1.54, 1.807) is 0 Å². The first-order valence-corrected chi connectivity index (χ1v) is 9.12. The zero-order valence-electron chi connectivity index (χ0n) is 15.4. The smallest absolute Gasteiger partial charge is 0.333 e. The molecule has 152 valence electrons. The molecule has 0 bridgehead atoms. The third-order valence-electron chi connectivity index (χ3n) is 3.78. The van der Waals surface area contributed by atoms with Crippen LogP contribution >= 0.6 is 0 Å². The van der Waals surface area contributed by atoms with Gasteiger partial charge in [0.25, 0.3) is 11.8 Å². The number of hydrogen-bond acceptors (Lipinski definition) is 7. The lowest BCUT2D eigenvalue weighted by Gasteiger charge is -2.12. The van der Waals surface area contributed by atoms with E-state index < -0.39 is 17.8 Å². The first-order valence-electron chi connectivity index (χ1n) is 9.12. The maximum atomic E-state index is 11.6. The number of nitrogens with zero attached hydrogens (tertiary/aromatic N) is 1. The second-order valence-corrected chi connectivity index (χ2v) is 5.99. The van der Waals surface area contributed by atoms with Crippen molar-refractivity contribution in [3.8, 4) is 0 Å². The lowest BCUT2D eigenvalue weighted by atomic mass is 10.1. The lowest BCUT2D eigenvalue weighted by Crippen LogP contribution is -2.31. The minimum Gasteiger partial charge on any atom is -0.378 e. The first kappa shape index (κ1) is 22.6. The molecular weight excluding hydrogens is 358 g/mol. The molecule has 0 aromatic rings. The van der Waals surface area contributed by atoms with Gasteiger partial charge in [-0.15, -0.1) is 5.06 Å². The van der Waals surface area contributed by atoms with Gasteiger partial charge >= 0.3 is 5.97 Å². The maximum absolute atomic E-state index is 11.6. The number of imide groups is 1. The van der Waals surface area contributed by atoms with Gasteiger partial charge in [-0.2, -0.15) is 0 Å². The number of carbonyl (C=O) groups excluding carboxylic acids is 5. The number of hydrogen-bond donors (Lipinski definition) is 2. The summed E-state index contributed by atoms with van der Waals surface area (Å²) in [5, 5.41) is 5.75. The van der Waals surface area contributed by atoms with E-state index in [1.807, 2.05) is 0 Å². The van der Waals surface area contributed by atoms with Crippen molar-refractivity contribution < 1.29 is 33.5 Å². The third kappa shape index (κ3) is 10.3. The Morgan fingerprint density at radius 3 is 2.26 bits per heavy atom. The van der Waals surface area contributed by atoms with Gasteiger partial charge in [0.2, 0.25) is 12.3 Å². The van der Waals surface area contributed by atoms with Gasteiger partial charge in [-0.25, -0.2) is 4.79 Å². The number of ether oxygens (including phenoxy) is 1. The second-order valence-electron chi connectivity index (χ2n) is 5.99. The predicted octanol–water partition coefficient (Wildman–Crippen LogP) is -0.187. The molecule has 1 rings (SSSR count). The monoisotopic (exact) mass is 385 g/mol. The molecule has 2 N–H and O–H groups in total. The van der Waals surface area contributed by atoms with Crippen LogP contribution in [-0.4, -0.2) is 61.5 Å². The molecule has 0 aromatic heterocycles. The normalized spacial score (nSPS) is 13.6. The predicted molar refractivity (Wildman–Crippen MR) is 92.8 cm³/mol. The van der Waals surface area contributed by atoms with Crippen molar-refractivity contribution in [2.45, 2.75) is 51.4 Å². The largest absolute Gasteiger partial charge is 0.378 e. The zero-order valence-corrected chi connectivity index (χ0v) is 15.4. The van der Waals surface area contributed by atoms with Crippen LogP contribution in [0.5, 0.6) is 0 Å². The molecule has 1 saturated heterocycles. The van der Waals surface area contributed by atoms with E-state index in [-0.39, 0.29) is 25.2 Å². The van der Waals surface area contributed by atoms with Gasteiger partial charge < -0.3 is 20.2 Å². The fourth-order valence-electron chi connectivity index (χ4n) is 2.36. The minimum atomic E-state index is -0.598. The van der Waals surface area contributed by atoms with Gasteiger partial charge in [-0.05, 0) is 12.8 Å². The molecule has 0 radical (unpaired) electrons. The third-order valence-corrected chi connectivity index (χ3v) is 3.78. The van der Waals surface area contributed by atoms with Crippen molar-refractivity contribution in [1.82, 2.24) is 15.7 Å². The maximum Gasteiger partial charge on any atom is 0.333 e. The van der Waals surface area contributed by atoms with Crippen molar-refractivity contribution in [1.29, 1.82) is 0 Å². The molecule has 0 unspecified atom stereocenters. The number of rotatable bonds is 15. The summed E-state index contributed by atoms with van der Waals surface area (Å²) in [5.74, 6) is -1.63. The van der Waals surface area contributed by atoms with Crippen LogP contribution in [0.1, 0.15) is 51.4 Å². The molecule has 1 aliphatic heterocycles. The lowest BCUT2D eigenvalue weighted by molar-refractivity contribution is -0.197. The summed E-state index contributed by atoms with van der Waals surface area (Å²) < 4.78 is 5.20. The van der Waals surface area contributed by atoms with Crippen LogP contribution in [0.15, 0.2) is 0 Å². The molecule has 10 nitrogen and oxygen atoms in total. The summed E-state index contributed by atoms with van der Waals surface area (Å²) in [6, 6.07) is 0. The number of nitrogens with one attached hydrogen (secondary N) is 2. The highest BCUT2D eigenvalue weighted by atomic mass is 16.7. The Morgan fingerprint density at radius 1 is 0.963 bits per heavy atom. The fraction of sp³-hybridized carbons (Fsp3) is 0.706. The highest BCUT2D eigenvalue weighted by molar-refractivity contribution is 6.01. The first-order chi connectivity index (χ1) is 13.0. The Hall–Kier alpha value is -2.49. The molecular formula is C17H27N3O7. The molecule has 1 fully saturated rings. The molecule has 0 spiro atoms. The van der Waals surface area contributed by atoms with E-state index in [2.05, 4.69) is 10.6 Å². The van der Waals surface area contributed by atoms with Crippen LogP contribution < -0.4 is 10.6 Å². The number of hydroxylamine groups is 2. The van der Waals surface area contributed by atoms with Gasteiger partial charge in [0.1, 0.15) is 0 Å². The molecule has 27 heavy (non-hydrogen) atoms. The Kier molecular flexibility index (Phi) is 11.4. The highest BCUT2D eigenvalue weighted by Crippen LogP contribution is 2.13. The van der Waals surface area contributed by atoms with E-state index in [0.717, 1.165) is 12.8 Å². The van der Waals surface area contributed by atoms with Gasteiger partial charge in [-0.3, -0.25) is 19.2 Å². The number of carbonyl (C=O) groups is 5. The molecule has 1 heterocycles. The topological polar surface area (TPSA) is 131 Å². The van der Waals surface area contributed by atoms with Crippen LogP contribution in [0, 0.1) is 0 Å². The molecule has 10 heteroatoms. The van der Waals surface area contributed by atoms with Crippen molar-refractivity contribution >= 4 is 30.1 Å². The average Bonchev–Trinajstić information content (AvgIpc) is 2.95.